The third kappa shape index (κ3) is 3.25. The number of halogens is 1. The number of carbonyl (C=O) groups is 1. The molecule has 0 aromatic carbocycles. The van der Waals surface area contributed by atoms with Crippen molar-refractivity contribution in [3.63, 3.8) is 0 Å². The molecule has 0 aliphatic rings. The summed E-state index contributed by atoms with van der Waals surface area (Å²) in [6, 6.07) is 0. The van der Waals surface area contributed by atoms with Gasteiger partial charge in [-0.25, -0.2) is 4.98 Å². The number of nitrogens with zero attached hydrogens (tertiary/aromatic N) is 2. The monoisotopic (exact) mass is 255 g/mol. The highest BCUT2D eigenvalue weighted by molar-refractivity contribution is 6.31. The molecule has 90 valence electrons. The van der Waals surface area contributed by atoms with E-state index in [0.717, 1.165) is 0 Å². The second-order valence-corrected chi connectivity index (χ2v) is 3.67. The van der Waals surface area contributed by atoms with Crippen LogP contribution in [0.5, 0.6) is 0 Å². The van der Waals surface area contributed by atoms with Crippen LogP contribution in [0.3, 0.4) is 0 Å². The van der Waals surface area contributed by atoms with Crippen LogP contribution < -0.4 is 5.73 Å². The minimum absolute atomic E-state index is 0.0653. The molecule has 2 N–H and O–H groups in total. The first-order chi connectivity index (χ1) is 7.93. The minimum Gasteiger partial charge on any atom is -0.369 e. The van der Waals surface area contributed by atoms with E-state index < -0.39 is 10.8 Å². The maximum Gasteiger partial charge on any atom is 0.309 e. The van der Waals surface area contributed by atoms with Crippen molar-refractivity contribution in [1.29, 1.82) is 0 Å². The molecule has 0 bridgehead atoms. The Balaban J connectivity index is 3.11. The van der Waals surface area contributed by atoms with Gasteiger partial charge in [0.2, 0.25) is 11.1 Å². The van der Waals surface area contributed by atoms with E-state index in [1.54, 1.807) is 13.0 Å². The Hall–Kier alpha value is -1.95. The first-order valence-electron chi connectivity index (χ1n) is 4.67. The molecule has 6 nitrogen and oxygen atoms in total. The molecule has 1 amide bonds. The molecule has 1 aromatic rings. The highest BCUT2D eigenvalue weighted by Crippen LogP contribution is 2.28. The van der Waals surface area contributed by atoms with E-state index in [-0.39, 0.29) is 17.3 Å². The largest absolute Gasteiger partial charge is 0.369 e. The van der Waals surface area contributed by atoms with Gasteiger partial charge in [0.25, 0.3) is 0 Å². The Morgan fingerprint density at radius 1 is 1.71 bits per heavy atom. The second kappa shape index (κ2) is 5.40. The lowest BCUT2D eigenvalue weighted by molar-refractivity contribution is -0.385. The number of nitro groups is 1. The summed E-state index contributed by atoms with van der Waals surface area (Å²) in [5.41, 5.74) is 5.66. The van der Waals surface area contributed by atoms with E-state index in [1.165, 1.54) is 12.3 Å². The topological polar surface area (TPSA) is 99.1 Å². The molecular weight excluding hydrogens is 246 g/mol. The van der Waals surface area contributed by atoms with Crippen molar-refractivity contribution in [2.75, 3.05) is 0 Å². The molecule has 0 saturated carbocycles. The van der Waals surface area contributed by atoms with Crippen molar-refractivity contribution in [2.24, 2.45) is 5.73 Å². The van der Waals surface area contributed by atoms with Gasteiger partial charge >= 0.3 is 5.69 Å². The zero-order chi connectivity index (χ0) is 13.0. The molecule has 0 spiro atoms. The quantitative estimate of drug-likeness (QED) is 0.504. The number of rotatable bonds is 4. The van der Waals surface area contributed by atoms with Crippen molar-refractivity contribution in [3.05, 3.63) is 38.7 Å². The van der Waals surface area contributed by atoms with Crippen LogP contribution in [0, 0.1) is 17.0 Å². The van der Waals surface area contributed by atoms with Crippen LogP contribution in [0.4, 0.5) is 5.69 Å². The molecule has 0 aliphatic carbocycles. The number of carbonyl (C=O) groups excluding carboxylic acids is 1. The molecule has 1 heterocycles. The fourth-order valence-corrected chi connectivity index (χ4v) is 1.52. The smallest absolute Gasteiger partial charge is 0.309 e. The van der Waals surface area contributed by atoms with Crippen LogP contribution in [0.1, 0.15) is 17.5 Å². The predicted octanol–water partition coefficient (Wildman–Crippen LogP) is 1.84. The highest BCUT2D eigenvalue weighted by atomic mass is 35.5. The molecule has 0 radical (unpaired) electrons. The SMILES string of the molecule is Cc1c(C=CCC(N)=O)cnc(Cl)c1[N+](=O)[O-]. The molecule has 1 aromatic heterocycles. The van der Waals surface area contributed by atoms with Gasteiger partial charge in [-0.2, -0.15) is 0 Å². The van der Waals surface area contributed by atoms with Gasteiger partial charge in [-0.3, -0.25) is 14.9 Å². The van der Waals surface area contributed by atoms with Gasteiger partial charge in [0.15, 0.2) is 0 Å². The predicted molar refractivity (Wildman–Crippen MR) is 63.5 cm³/mol. The highest BCUT2D eigenvalue weighted by Gasteiger charge is 2.19. The summed E-state index contributed by atoms with van der Waals surface area (Å²) in [5, 5.41) is 10.6. The van der Waals surface area contributed by atoms with Gasteiger partial charge in [-0.1, -0.05) is 23.8 Å². The lowest BCUT2D eigenvalue weighted by Gasteiger charge is -2.02. The number of nitrogens with two attached hydrogens (primary N) is 1. The van der Waals surface area contributed by atoms with E-state index in [4.69, 9.17) is 17.3 Å². The zero-order valence-corrected chi connectivity index (χ0v) is 9.77. The molecule has 0 saturated heterocycles. The maximum atomic E-state index is 10.8. The molecule has 7 heteroatoms. The van der Waals surface area contributed by atoms with Gasteiger partial charge in [0.1, 0.15) is 0 Å². The van der Waals surface area contributed by atoms with E-state index in [2.05, 4.69) is 4.98 Å². The van der Waals surface area contributed by atoms with Crippen LogP contribution >= 0.6 is 11.6 Å². The van der Waals surface area contributed by atoms with Gasteiger partial charge in [0.05, 0.1) is 4.92 Å². The Labute approximate surface area is 102 Å². The first-order valence-corrected chi connectivity index (χ1v) is 5.05. The molecule has 0 unspecified atom stereocenters. The van der Waals surface area contributed by atoms with Gasteiger partial charge in [-0.15, -0.1) is 0 Å². The first kappa shape index (κ1) is 13.1. The van der Waals surface area contributed by atoms with E-state index >= 15 is 0 Å². The van der Waals surface area contributed by atoms with E-state index in [1.807, 2.05) is 0 Å². The summed E-state index contributed by atoms with van der Waals surface area (Å²) in [6.45, 7) is 1.57. The number of hydrogen-bond acceptors (Lipinski definition) is 4. The van der Waals surface area contributed by atoms with Crippen molar-refractivity contribution in [1.82, 2.24) is 4.98 Å². The number of amides is 1. The van der Waals surface area contributed by atoms with Crippen molar-refractivity contribution >= 4 is 29.3 Å². The van der Waals surface area contributed by atoms with E-state index in [9.17, 15) is 14.9 Å². The van der Waals surface area contributed by atoms with Gasteiger partial charge < -0.3 is 5.73 Å². The van der Waals surface area contributed by atoms with Crippen LogP contribution in [0.15, 0.2) is 12.3 Å². The van der Waals surface area contributed by atoms with Crippen LogP contribution in [-0.4, -0.2) is 15.8 Å². The summed E-state index contributed by atoms with van der Waals surface area (Å²) in [6.07, 6.45) is 4.54. The summed E-state index contributed by atoms with van der Waals surface area (Å²) in [5.74, 6) is -0.477. The lowest BCUT2D eigenvalue weighted by Crippen LogP contribution is -2.07. The number of pyridine rings is 1. The van der Waals surface area contributed by atoms with Crippen LogP contribution in [0.25, 0.3) is 6.08 Å². The third-order valence-electron chi connectivity index (χ3n) is 2.10. The van der Waals surface area contributed by atoms with Gasteiger partial charge in [0, 0.05) is 23.7 Å². The normalized spacial score (nSPS) is 10.7. The molecule has 0 aliphatic heterocycles. The summed E-state index contributed by atoms with van der Waals surface area (Å²) in [4.78, 5) is 24.4. The van der Waals surface area contributed by atoms with Crippen LogP contribution in [-0.2, 0) is 4.79 Å². The van der Waals surface area contributed by atoms with Crippen molar-refractivity contribution in [2.45, 2.75) is 13.3 Å². The average molecular weight is 256 g/mol. The molecule has 17 heavy (non-hydrogen) atoms. The Bertz CT molecular complexity index is 500. The van der Waals surface area contributed by atoms with Crippen molar-refractivity contribution < 1.29 is 9.72 Å². The zero-order valence-electron chi connectivity index (χ0n) is 9.01. The number of primary amides is 1. The average Bonchev–Trinajstić information content (AvgIpc) is 2.20. The fraction of sp³-hybridized carbons (Fsp3) is 0.200. The second-order valence-electron chi connectivity index (χ2n) is 3.31. The third-order valence-corrected chi connectivity index (χ3v) is 2.38. The van der Waals surface area contributed by atoms with Gasteiger partial charge in [-0.05, 0) is 6.92 Å². The Morgan fingerprint density at radius 2 is 2.35 bits per heavy atom. The Morgan fingerprint density at radius 3 is 2.88 bits per heavy atom. The fourth-order valence-electron chi connectivity index (χ4n) is 1.26. The molecule has 0 atom stereocenters. The summed E-state index contributed by atoms with van der Waals surface area (Å²) >= 11 is 5.63. The maximum absolute atomic E-state index is 10.8. The number of aromatic nitrogens is 1. The molecule has 1 rings (SSSR count). The lowest BCUT2D eigenvalue weighted by atomic mass is 10.1. The summed E-state index contributed by atoms with van der Waals surface area (Å²) < 4.78 is 0. The number of hydrogen-bond donors (Lipinski definition) is 1. The summed E-state index contributed by atoms with van der Waals surface area (Å²) in [7, 11) is 0. The molecule has 0 fully saturated rings. The van der Waals surface area contributed by atoms with Crippen LogP contribution in [0.2, 0.25) is 5.15 Å². The minimum atomic E-state index is -0.587. The van der Waals surface area contributed by atoms with E-state index in [0.29, 0.717) is 11.1 Å². The molecular formula is C10H10ClN3O3. The van der Waals surface area contributed by atoms with Crippen molar-refractivity contribution in [3.8, 4) is 0 Å². The standard InChI is InChI=1S/C10H10ClN3O3/c1-6-7(3-2-4-8(12)15)5-13-10(11)9(6)14(16)17/h2-3,5H,4H2,1H3,(H2,12,15). The Kier molecular flexibility index (Phi) is 4.17.